The van der Waals surface area contributed by atoms with Crippen molar-refractivity contribution in [3.8, 4) is 0 Å². The Hall–Kier alpha value is -2.27. The fourth-order valence-corrected chi connectivity index (χ4v) is 2.65. The maximum atomic E-state index is 13.6. The number of hydrogen-bond donors (Lipinski definition) is 1. The van der Waals surface area contributed by atoms with Gasteiger partial charge in [0, 0.05) is 24.7 Å². The topological polar surface area (TPSA) is 32.3 Å². The number of benzene rings is 2. The Labute approximate surface area is 140 Å². The van der Waals surface area contributed by atoms with Crippen LogP contribution in [-0.4, -0.2) is 23.4 Å². The first-order valence-electron chi connectivity index (χ1n) is 8.10. The Kier molecular flexibility index (Phi) is 5.20. The summed E-state index contributed by atoms with van der Waals surface area (Å²) >= 11 is 0. The Morgan fingerprint density at radius 2 is 1.79 bits per heavy atom. The third kappa shape index (κ3) is 4.61. The molecule has 1 aliphatic rings. The minimum Gasteiger partial charge on any atom is -0.351 e. The lowest BCUT2D eigenvalue weighted by Gasteiger charge is -2.21. The van der Waals surface area contributed by atoms with E-state index in [0.717, 1.165) is 18.4 Å². The highest BCUT2D eigenvalue weighted by atomic mass is 19.1. The zero-order chi connectivity index (χ0) is 16.9. The third-order valence-electron chi connectivity index (χ3n) is 4.14. The molecule has 0 saturated heterocycles. The van der Waals surface area contributed by atoms with Crippen molar-refractivity contribution in [2.24, 2.45) is 0 Å². The molecule has 3 rings (SSSR count). The van der Waals surface area contributed by atoms with E-state index in [-0.39, 0.29) is 30.6 Å². The van der Waals surface area contributed by atoms with E-state index in [0.29, 0.717) is 18.2 Å². The number of halogens is 2. The van der Waals surface area contributed by atoms with Crippen molar-refractivity contribution in [3.05, 3.63) is 71.3 Å². The van der Waals surface area contributed by atoms with E-state index in [1.165, 1.54) is 18.2 Å². The van der Waals surface area contributed by atoms with E-state index in [1.54, 1.807) is 30.3 Å². The Bertz CT molecular complexity index is 699. The zero-order valence-electron chi connectivity index (χ0n) is 13.3. The fourth-order valence-electron chi connectivity index (χ4n) is 2.65. The van der Waals surface area contributed by atoms with Gasteiger partial charge in [0.1, 0.15) is 11.6 Å². The van der Waals surface area contributed by atoms with E-state index in [9.17, 15) is 13.6 Å². The molecular weight excluding hydrogens is 310 g/mol. The molecule has 1 saturated carbocycles. The lowest BCUT2D eigenvalue weighted by Crippen LogP contribution is -2.38. The van der Waals surface area contributed by atoms with Gasteiger partial charge in [-0.1, -0.05) is 30.3 Å². The van der Waals surface area contributed by atoms with Crippen molar-refractivity contribution in [2.45, 2.75) is 32.0 Å². The van der Waals surface area contributed by atoms with Crippen LogP contribution in [0.4, 0.5) is 8.78 Å². The van der Waals surface area contributed by atoms with E-state index >= 15 is 0 Å². The number of carbonyl (C=O) groups is 1. The molecule has 0 aliphatic heterocycles. The average molecular weight is 330 g/mol. The summed E-state index contributed by atoms with van der Waals surface area (Å²) in [6.07, 6.45) is 2.14. The molecule has 1 amide bonds. The van der Waals surface area contributed by atoms with Gasteiger partial charge in [0.05, 0.1) is 6.54 Å². The number of hydrogen-bond acceptors (Lipinski definition) is 2. The first kappa shape index (κ1) is 16.6. The Balaban J connectivity index is 1.54. The summed E-state index contributed by atoms with van der Waals surface area (Å²) in [4.78, 5) is 14.3. The Morgan fingerprint density at radius 1 is 1.08 bits per heavy atom. The summed E-state index contributed by atoms with van der Waals surface area (Å²) in [5.41, 5.74) is 1.45. The second-order valence-electron chi connectivity index (χ2n) is 6.13. The molecule has 0 atom stereocenters. The van der Waals surface area contributed by atoms with Crippen molar-refractivity contribution < 1.29 is 13.6 Å². The molecule has 24 heavy (non-hydrogen) atoms. The number of nitrogens with zero attached hydrogens (tertiary/aromatic N) is 1. The predicted octanol–water partition coefficient (Wildman–Crippen LogP) is 3.25. The van der Waals surface area contributed by atoms with Crippen LogP contribution in [0.15, 0.2) is 48.5 Å². The summed E-state index contributed by atoms with van der Waals surface area (Å²) < 4.78 is 26.6. The number of amides is 1. The summed E-state index contributed by atoms with van der Waals surface area (Å²) in [7, 11) is 0. The normalized spacial score (nSPS) is 14.0. The second kappa shape index (κ2) is 7.53. The molecule has 1 fully saturated rings. The Morgan fingerprint density at radius 3 is 2.46 bits per heavy atom. The largest absolute Gasteiger partial charge is 0.351 e. The van der Waals surface area contributed by atoms with Crippen molar-refractivity contribution in [2.75, 3.05) is 6.54 Å². The van der Waals surface area contributed by atoms with Gasteiger partial charge < -0.3 is 5.32 Å². The van der Waals surface area contributed by atoms with Gasteiger partial charge in [0.25, 0.3) is 0 Å². The van der Waals surface area contributed by atoms with Crippen molar-refractivity contribution in [1.82, 2.24) is 10.2 Å². The highest BCUT2D eigenvalue weighted by Gasteiger charge is 2.30. The van der Waals surface area contributed by atoms with Gasteiger partial charge in [-0.15, -0.1) is 0 Å². The summed E-state index contributed by atoms with van der Waals surface area (Å²) in [6.45, 7) is 1.05. The maximum absolute atomic E-state index is 13.6. The smallest absolute Gasteiger partial charge is 0.234 e. The number of rotatable bonds is 7. The maximum Gasteiger partial charge on any atom is 0.234 e. The molecule has 1 aliphatic carbocycles. The lowest BCUT2D eigenvalue weighted by molar-refractivity contribution is -0.122. The molecule has 126 valence electrons. The predicted molar refractivity (Wildman–Crippen MR) is 88.1 cm³/mol. The van der Waals surface area contributed by atoms with Crippen LogP contribution >= 0.6 is 0 Å². The van der Waals surface area contributed by atoms with E-state index < -0.39 is 0 Å². The fraction of sp³-hybridized carbons (Fsp3) is 0.316. The molecular formula is C19H20F2N2O. The number of carbonyl (C=O) groups excluding carboxylic acids is 1. The molecule has 1 N–H and O–H groups in total. The molecule has 0 radical (unpaired) electrons. The van der Waals surface area contributed by atoms with Crippen LogP contribution < -0.4 is 5.32 Å². The second-order valence-corrected chi connectivity index (χ2v) is 6.13. The van der Waals surface area contributed by atoms with Crippen LogP contribution in [0.2, 0.25) is 0 Å². The molecule has 5 heteroatoms. The van der Waals surface area contributed by atoms with E-state index in [2.05, 4.69) is 10.2 Å². The van der Waals surface area contributed by atoms with Crippen LogP contribution in [0.5, 0.6) is 0 Å². The highest BCUT2D eigenvalue weighted by Crippen LogP contribution is 2.28. The molecule has 0 spiro atoms. The van der Waals surface area contributed by atoms with Gasteiger partial charge in [-0.2, -0.15) is 0 Å². The van der Waals surface area contributed by atoms with Gasteiger partial charge in [-0.05, 0) is 36.6 Å². The first-order valence-corrected chi connectivity index (χ1v) is 8.10. The minimum atomic E-state index is -0.317. The molecule has 2 aromatic carbocycles. The first-order chi connectivity index (χ1) is 11.6. The van der Waals surface area contributed by atoms with Crippen molar-refractivity contribution in [3.63, 3.8) is 0 Å². The number of nitrogens with one attached hydrogen (secondary N) is 1. The van der Waals surface area contributed by atoms with Gasteiger partial charge >= 0.3 is 0 Å². The summed E-state index contributed by atoms with van der Waals surface area (Å²) in [5, 5.41) is 2.77. The molecule has 0 unspecified atom stereocenters. The monoisotopic (exact) mass is 330 g/mol. The van der Waals surface area contributed by atoms with Crippen molar-refractivity contribution >= 4 is 5.91 Å². The van der Waals surface area contributed by atoms with Crippen LogP contribution in [0, 0.1) is 11.6 Å². The van der Waals surface area contributed by atoms with Crippen LogP contribution in [0.1, 0.15) is 24.0 Å². The molecule has 2 aromatic rings. The van der Waals surface area contributed by atoms with Crippen molar-refractivity contribution in [1.29, 1.82) is 0 Å². The minimum absolute atomic E-state index is 0.132. The molecule has 0 bridgehead atoms. The van der Waals surface area contributed by atoms with Gasteiger partial charge in [-0.25, -0.2) is 8.78 Å². The van der Waals surface area contributed by atoms with Gasteiger partial charge in [-0.3, -0.25) is 9.69 Å². The van der Waals surface area contributed by atoms with Gasteiger partial charge in [0.15, 0.2) is 0 Å². The van der Waals surface area contributed by atoms with Crippen LogP contribution in [0.3, 0.4) is 0 Å². The van der Waals surface area contributed by atoms with E-state index in [1.807, 2.05) is 0 Å². The van der Waals surface area contributed by atoms with E-state index in [4.69, 9.17) is 0 Å². The molecule has 0 aromatic heterocycles. The lowest BCUT2D eigenvalue weighted by atomic mass is 10.2. The standard InChI is InChI=1S/C19H20F2N2O/c20-16-7-5-14(6-8-16)12-23(17-9-10-17)13-19(24)22-11-15-3-1-2-4-18(15)21/h1-8,17H,9-13H2,(H,22,24). The highest BCUT2D eigenvalue weighted by molar-refractivity contribution is 5.78. The van der Waals surface area contributed by atoms with Crippen LogP contribution in [0.25, 0.3) is 0 Å². The average Bonchev–Trinajstić information content (AvgIpc) is 3.40. The third-order valence-corrected chi connectivity index (χ3v) is 4.14. The van der Waals surface area contributed by atoms with Gasteiger partial charge in [0.2, 0.25) is 5.91 Å². The quantitative estimate of drug-likeness (QED) is 0.845. The summed E-state index contributed by atoms with van der Waals surface area (Å²) in [5.74, 6) is -0.713. The molecule has 3 nitrogen and oxygen atoms in total. The summed E-state index contributed by atoms with van der Waals surface area (Å²) in [6, 6.07) is 13.1. The SMILES string of the molecule is O=C(CN(Cc1ccc(F)cc1)C1CC1)NCc1ccccc1F. The molecule has 0 heterocycles. The van der Waals surface area contributed by atoms with Crippen LogP contribution in [-0.2, 0) is 17.9 Å². The zero-order valence-corrected chi connectivity index (χ0v) is 13.3.